The Balaban J connectivity index is 2.59. The Kier molecular flexibility index (Phi) is 1.95. The molecule has 0 unspecified atom stereocenters. The van der Waals surface area contributed by atoms with Crippen LogP contribution in [0, 0.1) is 5.82 Å². The van der Waals surface area contributed by atoms with Gasteiger partial charge in [-0.05, 0) is 12.1 Å². The van der Waals surface area contributed by atoms with Crippen LogP contribution in [-0.2, 0) is 6.18 Å². The van der Waals surface area contributed by atoms with Crippen LogP contribution in [0.5, 0.6) is 5.75 Å². The van der Waals surface area contributed by atoms with Crippen molar-refractivity contribution in [1.29, 1.82) is 0 Å². The lowest BCUT2D eigenvalue weighted by Gasteiger charge is -2.08. The van der Waals surface area contributed by atoms with Crippen molar-refractivity contribution < 1.29 is 27.1 Å². The number of halogens is 4. The van der Waals surface area contributed by atoms with Gasteiger partial charge in [0.15, 0.2) is 6.61 Å². The Bertz CT molecular complexity index is 436. The van der Waals surface area contributed by atoms with E-state index in [0.29, 0.717) is 12.1 Å². The van der Waals surface area contributed by atoms with Crippen molar-refractivity contribution in [2.75, 3.05) is 6.61 Å². The third kappa shape index (κ3) is 1.55. The largest absolute Gasteiger partial charge is 0.485 e. The Hall–Kier alpha value is -1.59. The van der Waals surface area contributed by atoms with E-state index in [2.05, 4.69) is 4.74 Å². The molecule has 1 aliphatic heterocycles. The molecule has 0 saturated heterocycles. The topological polar surface area (TPSA) is 26.3 Å². The number of ether oxygens (including phenoxy) is 1. The lowest BCUT2D eigenvalue weighted by atomic mass is 10.1. The summed E-state index contributed by atoms with van der Waals surface area (Å²) in [5.74, 6) is -2.19. The third-order valence-electron chi connectivity index (χ3n) is 2.03. The molecule has 1 aromatic rings. The molecule has 2 rings (SSSR count). The molecule has 2 nitrogen and oxygen atoms in total. The predicted octanol–water partition coefficient (Wildman–Crippen LogP) is 2.42. The molecule has 0 atom stereocenters. The first-order chi connectivity index (χ1) is 6.89. The number of carbonyl (C=O) groups is 1. The average molecular weight is 220 g/mol. The molecule has 0 fully saturated rings. The molecule has 80 valence electrons. The summed E-state index contributed by atoms with van der Waals surface area (Å²) in [6.07, 6.45) is -4.78. The third-order valence-corrected chi connectivity index (χ3v) is 2.03. The summed E-state index contributed by atoms with van der Waals surface area (Å²) in [6.45, 7) is -0.337. The van der Waals surface area contributed by atoms with E-state index < -0.39 is 23.3 Å². The molecule has 0 aromatic heterocycles. The lowest BCUT2D eigenvalue weighted by Crippen LogP contribution is -2.08. The summed E-state index contributed by atoms with van der Waals surface area (Å²) in [4.78, 5) is 11.0. The van der Waals surface area contributed by atoms with Crippen molar-refractivity contribution in [2.24, 2.45) is 0 Å². The van der Waals surface area contributed by atoms with E-state index in [1.807, 2.05) is 0 Å². The molecular formula is C9H4F4O2. The highest BCUT2D eigenvalue weighted by atomic mass is 19.4. The van der Waals surface area contributed by atoms with Crippen molar-refractivity contribution in [3.8, 4) is 5.75 Å². The van der Waals surface area contributed by atoms with E-state index in [0.717, 1.165) is 0 Å². The standard InChI is InChI=1S/C9H4F4O2/c10-6-1-4-7(14)3-15-8(4)2-5(6)9(11,12)13/h1-2H,3H2. The van der Waals surface area contributed by atoms with Gasteiger partial charge in [-0.3, -0.25) is 4.79 Å². The summed E-state index contributed by atoms with van der Waals surface area (Å²) in [6, 6.07) is 1.07. The minimum absolute atomic E-state index is 0.138. The van der Waals surface area contributed by atoms with E-state index >= 15 is 0 Å². The van der Waals surface area contributed by atoms with Crippen LogP contribution in [0.2, 0.25) is 0 Å². The zero-order valence-electron chi connectivity index (χ0n) is 7.19. The average Bonchev–Trinajstić information content (AvgIpc) is 2.45. The van der Waals surface area contributed by atoms with Gasteiger partial charge in [0, 0.05) is 0 Å². The van der Waals surface area contributed by atoms with Gasteiger partial charge in [0.1, 0.15) is 11.6 Å². The van der Waals surface area contributed by atoms with Gasteiger partial charge in [-0.2, -0.15) is 13.2 Å². The fourth-order valence-corrected chi connectivity index (χ4v) is 1.33. The molecule has 1 aliphatic rings. The van der Waals surface area contributed by atoms with Crippen LogP contribution >= 0.6 is 0 Å². The monoisotopic (exact) mass is 220 g/mol. The Labute approximate surface area is 81.5 Å². The Morgan fingerprint density at radius 1 is 1.27 bits per heavy atom. The van der Waals surface area contributed by atoms with Gasteiger partial charge in [-0.15, -0.1) is 0 Å². The van der Waals surface area contributed by atoms with Crippen LogP contribution < -0.4 is 4.74 Å². The van der Waals surface area contributed by atoms with Crippen LogP contribution in [0.25, 0.3) is 0 Å². The maximum atomic E-state index is 13.0. The molecular weight excluding hydrogens is 216 g/mol. The highest BCUT2D eigenvalue weighted by Gasteiger charge is 2.37. The number of hydrogen-bond donors (Lipinski definition) is 0. The Morgan fingerprint density at radius 2 is 1.93 bits per heavy atom. The highest BCUT2D eigenvalue weighted by molar-refractivity contribution is 6.02. The fraction of sp³-hybridized carbons (Fsp3) is 0.222. The first-order valence-electron chi connectivity index (χ1n) is 3.96. The number of rotatable bonds is 0. The van der Waals surface area contributed by atoms with E-state index in [-0.39, 0.29) is 17.9 Å². The van der Waals surface area contributed by atoms with Crippen LogP contribution in [0.15, 0.2) is 12.1 Å². The first-order valence-corrected chi connectivity index (χ1v) is 3.96. The second-order valence-corrected chi connectivity index (χ2v) is 3.04. The summed E-state index contributed by atoms with van der Waals surface area (Å²) in [7, 11) is 0. The maximum absolute atomic E-state index is 13.0. The van der Waals surface area contributed by atoms with Crippen molar-refractivity contribution in [1.82, 2.24) is 0 Å². The minimum Gasteiger partial charge on any atom is -0.485 e. The predicted molar refractivity (Wildman–Crippen MR) is 41.2 cm³/mol. The number of carbonyl (C=O) groups excluding carboxylic acids is 1. The van der Waals surface area contributed by atoms with Crippen molar-refractivity contribution in [2.45, 2.75) is 6.18 Å². The SMILES string of the molecule is O=C1COc2cc(C(F)(F)F)c(F)cc21. The van der Waals surface area contributed by atoms with Crippen molar-refractivity contribution in [3.05, 3.63) is 29.1 Å². The maximum Gasteiger partial charge on any atom is 0.419 e. The van der Waals surface area contributed by atoms with Crippen LogP contribution in [0.4, 0.5) is 17.6 Å². The molecule has 0 N–H and O–H groups in total. The quantitative estimate of drug-likeness (QED) is 0.627. The number of benzene rings is 1. The van der Waals surface area contributed by atoms with Crippen molar-refractivity contribution in [3.63, 3.8) is 0 Å². The molecule has 0 amide bonds. The second kappa shape index (κ2) is 2.95. The molecule has 6 heteroatoms. The molecule has 0 aliphatic carbocycles. The van der Waals surface area contributed by atoms with Gasteiger partial charge in [0.05, 0.1) is 11.1 Å². The van der Waals surface area contributed by atoms with E-state index in [9.17, 15) is 22.4 Å². The highest BCUT2D eigenvalue weighted by Crippen LogP contribution is 2.37. The smallest absolute Gasteiger partial charge is 0.419 e. The first kappa shape index (κ1) is 9.95. The molecule has 15 heavy (non-hydrogen) atoms. The van der Waals surface area contributed by atoms with Gasteiger partial charge >= 0.3 is 6.18 Å². The van der Waals surface area contributed by atoms with Gasteiger partial charge in [-0.25, -0.2) is 4.39 Å². The number of hydrogen-bond acceptors (Lipinski definition) is 2. The lowest BCUT2D eigenvalue weighted by molar-refractivity contribution is -0.140. The molecule has 1 heterocycles. The summed E-state index contributed by atoms with van der Waals surface area (Å²) >= 11 is 0. The van der Waals surface area contributed by atoms with E-state index in [4.69, 9.17) is 0 Å². The summed E-state index contributed by atoms with van der Waals surface area (Å²) in [5, 5.41) is 0. The molecule has 0 spiro atoms. The summed E-state index contributed by atoms with van der Waals surface area (Å²) in [5.41, 5.74) is -1.56. The zero-order valence-corrected chi connectivity index (χ0v) is 7.19. The van der Waals surface area contributed by atoms with E-state index in [1.54, 1.807) is 0 Å². The number of fused-ring (bicyclic) bond motifs is 1. The van der Waals surface area contributed by atoms with E-state index in [1.165, 1.54) is 0 Å². The Morgan fingerprint density at radius 3 is 2.53 bits per heavy atom. The van der Waals surface area contributed by atoms with Gasteiger partial charge in [0.25, 0.3) is 0 Å². The molecule has 0 radical (unpaired) electrons. The molecule has 0 bridgehead atoms. The number of ketones is 1. The van der Waals surface area contributed by atoms with Gasteiger partial charge in [-0.1, -0.05) is 0 Å². The van der Waals surface area contributed by atoms with Gasteiger partial charge in [0.2, 0.25) is 5.78 Å². The zero-order chi connectivity index (χ0) is 11.2. The molecule has 1 aromatic carbocycles. The normalized spacial score (nSPS) is 15.1. The van der Waals surface area contributed by atoms with Crippen LogP contribution in [0.1, 0.15) is 15.9 Å². The number of alkyl halides is 3. The molecule has 0 saturated carbocycles. The van der Waals surface area contributed by atoms with Gasteiger partial charge < -0.3 is 4.74 Å². The second-order valence-electron chi connectivity index (χ2n) is 3.04. The number of Topliss-reactive ketones (excluding diaryl/α,β-unsaturated/α-hetero) is 1. The van der Waals surface area contributed by atoms with Crippen LogP contribution in [0.3, 0.4) is 0 Å². The van der Waals surface area contributed by atoms with Crippen molar-refractivity contribution >= 4 is 5.78 Å². The minimum atomic E-state index is -4.78. The summed E-state index contributed by atoms with van der Waals surface area (Å²) < 4.78 is 54.4. The fourth-order valence-electron chi connectivity index (χ4n) is 1.33. The van der Waals surface area contributed by atoms with Crippen LogP contribution in [-0.4, -0.2) is 12.4 Å².